The van der Waals surface area contributed by atoms with E-state index in [1.807, 2.05) is 0 Å². The number of hydrogen-bond acceptors (Lipinski definition) is 6. The van der Waals surface area contributed by atoms with Crippen LogP contribution in [0.4, 0.5) is 0 Å². The van der Waals surface area contributed by atoms with Gasteiger partial charge in [-0.05, 0) is 12.8 Å². The smallest absolute Gasteiger partial charge is 0.321 e. The van der Waals surface area contributed by atoms with E-state index in [9.17, 15) is 14.4 Å². The first-order valence-corrected chi connectivity index (χ1v) is 6.65. The SMILES string of the molecule is CC(=O)O[C@@H]1[C@@H]2C(=O)OC(=O)[C@@H]2[C@@H]2CCC[C@]23O[C@H]13. The number of epoxide rings is 1. The number of hydrogen-bond donors (Lipinski definition) is 0. The normalized spacial score (nSPS) is 50.1. The largest absolute Gasteiger partial charge is 0.459 e. The summed E-state index contributed by atoms with van der Waals surface area (Å²) in [5.41, 5.74) is -0.356. The van der Waals surface area contributed by atoms with Gasteiger partial charge in [-0.25, -0.2) is 0 Å². The van der Waals surface area contributed by atoms with Crippen LogP contribution in [0.3, 0.4) is 0 Å². The van der Waals surface area contributed by atoms with E-state index in [1.165, 1.54) is 6.92 Å². The van der Waals surface area contributed by atoms with Gasteiger partial charge in [-0.2, -0.15) is 0 Å². The van der Waals surface area contributed by atoms with Crippen molar-refractivity contribution >= 4 is 17.9 Å². The van der Waals surface area contributed by atoms with Crippen molar-refractivity contribution in [2.24, 2.45) is 17.8 Å². The lowest BCUT2D eigenvalue weighted by Crippen LogP contribution is -2.50. The van der Waals surface area contributed by atoms with Crippen LogP contribution in [0, 0.1) is 17.8 Å². The second-order valence-corrected chi connectivity index (χ2v) is 5.86. The molecule has 19 heavy (non-hydrogen) atoms. The van der Waals surface area contributed by atoms with Gasteiger partial charge >= 0.3 is 17.9 Å². The van der Waals surface area contributed by atoms with Crippen molar-refractivity contribution in [1.29, 1.82) is 0 Å². The quantitative estimate of drug-likeness (QED) is 0.382. The average Bonchev–Trinajstić information content (AvgIpc) is 2.77. The van der Waals surface area contributed by atoms with Gasteiger partial charge in [-0.15, -0.1) is 0 Å². The van der Waals surface area contributed by atoms with E-state index < -0.39 is 35.8 Å². The van der Waals surface area contributed by atoms with Crippen molar-refractivity contribution in [3.63, 3.8) is 0 Å². The summed E-state index contributed by atoms with van der Waals surface area (Å²) >= 11 is 0. The number of rotatable bonds is 1. The van der Waals surface area contributed by atoms with Gasteiger partial charge in [0.05, 0.1) is 5.92 Å². The van der Waals surface area contributed by atoms with Gasteiger partial charge in [0.15, 0.2) is 0 Å². The van der Waals surface area contributed by atoms with Crippen molar-refractivity contribution < 1.29 is 28.6 Å². The fourth-order valence-corrected chi connectivity index (χ4v) is 4.36. The fourth-order valence-electron chi connectivity index (χ4n) is 4.36. The van der Waals surface area contributed by atoms with Crippen LogP contribution in [0.5, 0.6) is 0 Å². The molecular weight excluding hydrogens is 252 g/mol. The molecule has 2 saturated carbocycles. The molecule has 102 valence electrons. The first-order chi connectivity index (χ1) is 9.04. The van der Waals surface area contributed by atoms with Crippen molar-refractivity contribution in [2.75, 3.05) is 0 Å². The molecule has 2 aliphatic heterocycles. The van der Waals surface area contributed by atoms with Crippen molar-refractivity contribution in [1.82, 2.24) is 0 Å². The highest BCUT2D eigenvalue weighted by Crippen LogP contribution is 2.64. The fraction of sp³-hybridized carbons (Fsp3) is 0.769. The minimum atomic E-state index is -0.680. The zero-order chi connectivity index (χ0) is 13.4. The first-order valence-electron chi connectivity index (χ1n) is 6.65. The van der Waals surface area contributed by atoms with Crippen molar-refractivity contribution in [2.45, 2.75) is 44.0 Å². The van der Waals surface area contributed by atoms with Crippen LogP contribution in [0.1, 0.15) is 26.2 Å². The molecule has 1 spiro atoms. The highest BCUT2D eigenvalue weighted by molar-refractivity contribution is 5.97. The van der Waals surface area contributed by atoms with Gasteiger partial charge in [0.2, 0.25) is 0 Å². The molecule has 6 atom stereocenters. The highest BCUT2D eigenvalue weighted by Gasteiger charge is 2.77. The lowest BCUT2D eigenvalue weighted by molar-refractivity contribution is -0.158. The molecule has 0 bridgehead atoms. The molecule has 0 aromatic carbocycles. The van der Waals surface area contributed by atoms with Crippen LogP contribution in [-0.2, 0) is 28.6 Å². The summed E-state index contributed by atoms with van der Waals surface area (Å²) in [5, 5.41) is 0. The summed E-state index contributed by atoms with van der Waals surface area (Å²) in [7, 11) is 0. The Hall–Kier alpha value is -1.43. The molecule has 6 heteroatoms. The lowest BCUT2D eigenvalue weighted by Gasteiger charge is -2.33. The molecule has 4 aliphatic rings. The Bertz CT molecular complexity index is 499. The summed E-state index contributed by atoms with van der Waals surface area (Å²) in [6.07, 6.45) is 1.79. The summed E-state index contributed by atoms with van der Waals surface area (Å²) < 4.78 is 15.8. The van der Waals surface area contributed by atoms with Crippen LogP contribution >= 0.6 is 0 Å². The van der Waals surface area contributed by atoms with Crippen LogP contribution < -0.4 is 0 Å². The predicted octanol–water partition coefficient (Wildman–Crippen LogP) is 0.185. The molecule has 0 aromatic heterocycles. The Kier molecular flexibility index (Phi) is 2.02. The molecule has 2 aliphatic carbocycles. The van der Waals surface area contributed by atoms with E-state index in [2.05, 4.69) is 0 Å². The number of ether oxygens (including phenoxy) is 3. The number of cyclic esters (lactones) is 2. The predicted molar refractivity (Wildman–Crippen MR) is 58.6 cm³/mol. The van der Waals surface area contributed by atoms with Crippen LogP contribution in [-0.4, -0.2) is 35.7 Å². The van der Waals surface area contributed by atoms with E-state index in [1.54, 1.807) is 0 Å². The molecule has 4 rings (SSSR count). The van der Waals surface area contributed by atoms with Gasteiger partial charge in [-0.1, -0.05) is 6.42 Å². The molecule has 0 N–H and O–H groups in total. The first kappa shape index (κ1) is 11.4. The van der Waals surface area contributed by atoms with E-state index in [4.69, 9.17) is 14.2 Å². The third-order valence-corrected chi connectivity index (χ3v) is 5.00. The number of carbonyl (C=O) groups is 3. The van der Waals surface area contributed by atoms with Crippen LogP contribution in [0.2, 0.25) is 0 Å². The molecule has 2 heterocycles. The minimum Gasteiger partial charge on any atom is -0.459 e. The standard InChI is InChI=1S/C13H14O6/c1-5(14)17-9-8-7(11(15)18-12(8)16)6-3-2-4-13(6)10(9)19-13/h6-10H,2-4H2,1H3/t6-,7+,8+,9+,10+,13-/m0/s1. The van der Waals surface area contributed by atoms with E-state index in [0.29, 0.717) is 0 Å². The molecule has 2 saturated heterocycles. The number of esters is 3. The van der Waals surface area contributed by atoms with Crippen molar-refractivity contribution in [3.05, 3.63) is 0 Å². The molecule has 0 aromatic rings. The van der Waals surface area contributed by atoms with Gasteiger partial charge in [0.25, 0.3) is 0 Å². The average molecular weight is 266 g/mol. The van der Waals surface area contributed by atoms with Gasteiger partial charge in [0.1, 0.15) is 23.7 Å². The third kappa shape index (κ3) is 1.27. The molecule has 4 fully saturated rings. The Morgan fingerprint density at radius 3 is 2.79 bits per heavy atom. The van der Waals surface area contributed by atoms with Crippen LogP contribution in [0.15, 0.2) is 0 Å². The maximum Gasteiger partial charge on any atom is 0.321 e. The zero-order valence-electron chi connectivity index (χ0n) is 10.5. The molecule has 6 nitrogen and oxygen atoms in total. The maximum atomic E-state index is 11.9. The van der Waals surface area contributed by atoms with E-state index in [-0.39, 0.29) is 17.6 Å². The molecule has 0 unspecified atom stereocenters. The lowest BCUT2D eigenvalue weighted by atomic mass is 9.67. The molecule has 0 amide bonds. The van der Waals surface area contributed by atoms with Gasteiger partial charge < -0.3 is 14.2 Å². The summed E-state index contributed by atoms with van der Waals surface area (Å²) in [6, 6.07) is 0. The maximum absolute atomic E-state index is 11.9. The zero-order valence-corrected chi connectivity index (χ0v) is 10.5. The topological polar surface area (TPSA) is 82.2 Å². The second kappa shape index (κ2) is 3.36. The monoisotopic (exact) mass is 266 g/mol. The second-order valence-electron chi connectivity index (χ2n) is 5.86. The number of fused-ring (bicyclic) bond motifs is 2. The minimum absolute atomic E-state index is 0.0354. The van der Waals surface area contributed by atoms with Gasteiger partial charge in [-0.3, -0.25) is 14.4 Å². The Morgan fingerprint density at radius 2 is 2.05 bits per heavy atom. The summed E-state index contributed by atoms with van der Waals surface area (Å²) in [5.74, 6) is -2.66. The van der Waals surface area contributed by atoms with E-state index in [0.717, 1.165) is 19.3 Å². The summed E-state index contributed by atoms with van der Waals surface area (Å²) in [6.45, 7) is 1.30. The van der Waals surface area contributed by atoms with E-state index >= 15 is 0 Å². The Labute approximate surface area is 109 Å². The molecule has 0 radical (unpaired) electrons. The third-order valence-electron chi connectivity index (χ3n) is 5.00. The summed E-state index contributed by atoms with van der Waals surface area (Å²) in [4.78, 5) is 35.0. The highest BCUT2D eigenvalue weighted by atomic mass is 16.7. The van der Waals surface area contributed by atoms with Crippen LogP contribution in [0.25, 0.3) is 0 Å². The van der Waals surface area contributed by atoms with Crippen molar-refractivity contribution in [3.8, 4) is 0 Å². The Morgan fingerprint density at radius 1 is 1.32 bits per heavy atom. The Balaban J connectivity index is 1.75. The van der Waals surface area contributed by atoms with Gasteiger partial charge in [0, 0.05) is 12.8 Å². The number of carbonyl (C=O) groups excluding carboxylic acids is 3. The molecular formula is C13H14O6.